The Bertz CT molecular complexity index is 1510. The van der Waals surface area contributed by atoms with Gasteiger partial charge in [-0.25, -0.2) is 0 Å². The molecule has 35 heavy (non-hydrogen) atoms. The molecule has 0 aliphatic rings. The van der Waals surface area contributed by atoms with E-state index in [0.29, 0.717) is 33.8 Å². The second-order valence-corrected chi connectivity index (χ2v) is 8.38. The first-order valence-electron chi connectivity index (χ1n) is 10.8. The average molecular weight is 495 g/mol. The van der Waals surface area contributed by atoms with E-state index in [1.165, 1.54) is 7.11 Å². The minimum Gasteiger partial charge on any atom is -0.496 e. The van der Waals surface area contributed by atoms with Crippen molar-refractivity contribution in [1.29, 1.82) is 0 Å². The van der Waals surface area contributed by atoms with E-state index < -0.39 is 16.8 Å². The molecule has 0 aliphatic carbocycles. The first-order valence-corrected chi connectivity index (χ1v) is 11.2. The molecule has 10 heteroatoms. The van der Waals surface area contributed by atoms with Gasteiger partial charge in [-0.3, -0.25) is 19.4 Å². The number of hydrogen-bond acceptors (Lipinski definition) is 8. The highest BCUT2D eigenvalue weighted by Crippen LogP contribution is 2.36. The van der Waals surface area contributed by atoms with Crippen molar-refractivity contribution in [2.75, 3.05) is 17.7 Å². The molecule has 1 atom stereocenters. The summed E-state index contributed by atoms with van der Waals surface area (Å²) in [6.45, 7) is 3.90. The number of fused-ring (bicyclic) bond motifs is 1. The predicted molar refractivity (Wildman–Crippen MR) is 136 cm³/mol. The van der Waals surface area contributed by atoms with Crippen LogP contribution in [0.1, 0.15) is 30.6 Å². The van der Waals surface area contributed by atoms with E-state index in [4.69, 9.17) is 26.8 Å². The standard InChI is InChI=1S/C25H23ClN4O5/c1-4-12(2)29-21-22(24(32)23(21)31)30-17-6-5-13(9-16(17)26)35-19-7-8-28-18-11-20(34-3)15(25(27)33)10-14(18)19/h5-12,29-30H,4H2,1-3H3,(H2,27,33)/t12-/m1/s1. The number of carbonyl (C=O) groups is 1. The number of methoxy groups -OCH3 is 1. The fourth-order valence-electron chi connectivity index (χ4n) is 3.52. The van der Waals surface area contributed by atoms with E-state index in [9.17, 15) is 14.4 Å². The first kappa shape index (κ1) is 24.0. The summed E-state index contributed by atoms with van der Waals surface area (Å²) >= 11 is 6.44. The van der Waals surface area contributed by atoms with Gasteiger partial charge in [0, 0.05) is 29.8 Å². The van der Waals surface area contributed by atoms with Gasteiger partial charge in [-0.05, 0) is 37.6 Å². The number of amides is 1. The summed E-state index contributed by atoms with van der Waals surface area (Å²) in [6.07, 6.45) is 2.36. The Morgan fingerprint density at radius 1 is 1.11 bits per heavy atom. The minimum absolute atomic E-state index is 0.0373. The summed E-state index contributed by atoms with van der Waals surface area (Å²) in [6, 6.07) is 9.73. The SMILES string of the molecule is CC[C@@H](C)Nc1c(Nc2ccc(Oc3ccnc4cc(OC)c(C(N)=O)cc34)cc2Cl)c(=O)c1=O. The molecule has 0 saturated heterocycles. The monoisotopic (exact) mass is 494 g/mol. The molecule has 0 aliphatic heterocycles. The molecule has 0 spiro atoms. The number of nitrogens with one attached hydrogen (secondary N) is 2. The number of rotatable bonds is 9. The lowest BCUT2D eigenvalue weighted by Gasteiger charge is -2.19. The quantitative estimate of drug-likeness (QED) is 0.293. The Kier molecular flexibility index (Phi) is 6.61. The predicted octanol–water partition coefficient (Wildman–Crippen LogP) is 4.34. The summed E-state index contributed by atoms with van der Waals surface area (Å²) in [7, 11) is 1.44. The van der Waals surface area contributed by atoms with Crippen molar-refractivity contribution in [3.05, 3.63) is 73.6 Å². The number of primary amides is 1. The zero-order chi connectivity index (χ0) is 25.3. The molecule has 0 bridgehead atoms. The van der Waals surface area contributed by atoms with Crippen LogP contribution in [0.5, 0.6) is 17.2 Å². The number of hydrogen-bond donors (Lipinski definition) is 3. The smallest absolute Gasteiger partial charge is 0.253 e. The van der Waals surface area contributed by atoms with Gasteiger partial charge in [0.05, 0.1) is 28.9 Å². The number of halogens is 1. The molecule has 9 nitrogen and oxygen atoms in total. The number of nitrogens with two attached hydrogens (primary N) is 1. The Morgan fingerprint density at radius 3 is 2.51 bits per heavy atom. The lowest BCUT2D eigenvalue weighted by atomic mass is 10.1. The van der Waals surface area contributed by atoms with Gasteiger partial charge in [0.2, 0.25) is 0 Å². The van der Waals surface area contributed by atoms with Crippen LogP contribution in [0.15, 0.2) is 52.2 Å². The van der Waals surface area contributed by atoms with Crippen molar-refractivity contribution >= 4 is 45.5 Å². The molecule has 1 aromatic heterocycles. The number of nitrogens with zero attached hydrogens (tertiary/aromatic N) is 1. The normalized spacial score (nSPS) is 11.9. The molecule has 0 unspecified atom stereocenters. The third-order valence-corrected chi connectivity index (χ3v) is 5.94. The van der Waals surface area contributed by atoms with E-state index in [2.05, 4.69) is 15.6 Å². The van der Waals surface area contributed by atoms with Crippen molar-refractivity contribution in [2.45, 2.75) is 26.3 Å². The molecule has 1 amide bonds. The topological polar surface area (TPSA) is 133 Å². The van der Waals surface area contributed by atoms with Crippen LogP contribution in [0.2, 0.25) is 5.02 Å². The van der Waals surface area contributed by atoms with Gasteiger partial charge >= 0.3 is 0 Å². The maximum absolute atomic E-state index is 12.1. The van der Waals surface area contributed by atoms with E-state index in [-0.39, 0.29) is 28.0 Å². The van der Waals surface area contributed by atoms with Crippen LogP contribution < -0.4 is 36.7 Å². The van der Waals surface area contributed by atoms with Crippen LogP contribution in [0, 0.1) is 0 Å². The summed E-state index contributed by atoms with van der Waals surface area (Å²) in [4.78, 5) is 40.2. The van der Waals surface area contributed by atoms with Crippen LogP contribution in [0.25, 0.3) is 10.9 Å². The second kappa shape index (κ2) is 9.63. The average Bonchev–Trinajstić information content (AvgIpc) is 2.85. The van der Waals surface area contributed by atoms with Crippen molar-refractivity contribution < 1.29 is 14.3 Å². The summed E-state index contributed by atoms with van der Waals surface area (Å²) in [5, 5.41) is 6.83. The number of anilines is 3. The van der Waals surface area contributed by atoms with Gasteiger partial charge in [-0.1, -0.05) is 18.5 Å². The molecule has 1 heterocycles. The van der Waals surface area contributed by atoms with Gasteiger partial charge in [0.1, 0.15) is 28.6 Å². The molecule has 4 rings (SSSR count). The molecule has 3 aromatic carbocycles. The van der Waals surface area contributed by atoms with E-state index in [1.54, 1.807) is 42.6 Å². The fraction of sp³-hybridized carbons (Fsp3) is 0.200. The molecule has 0 fully saturated rings. The minimum atomic E-state index is -0.641. The summed E-state index contributed by atoms with van der Waals surface area (Å²) < 4.78 is 11.3. The molecule has 4 aromatic rings. The zero-order valence-corrected chi connectivity index (χ0v) is 20.0. The van der Waals surface area contributed by atoms with Gasteiger partial charge in [0.25, 0.3) is 16.8 Å². The zero-order valence-electron chi connectivity index (χ0n) is 19.3. The first-order chi connectivity index (χ1) is 16.7. The Morgan fingerprint density at radius 2 is 1.86 bits per heavy atom. The lowest BCUT2D eigenvalue weighted by Crippen LogP contribution is -2.38. The highest BCUT2D eigenvalue weighted by Gasteiger charge is 2.23. The maximum Gasteiger partial charge on any atom is 0.253 e. The van der Waals surface area contributed by atoms with Crippen LogP contribution in [0.3, 0.4) is 0 Å². The Hall–Kier alpha value is -4.11. The van der Waals surface area contributed by atoms with Gasteiger partial charge < -0.3 is 25.8 Å². The molecular weight excluding hydrogens is 472 g/mol. The van der Waals surface area contributed by atoms with E-state index in [0.717, 1.165) is 6.42 Å². The number of pyridine rings is 1. The third-order valence-electron chi connectivity index (χ3n) is 5.63. The highest BCUT2D eigenvalue weighted by molar-refractivity contribution is 6.33. The molecule has 4 N–H and O–H groups in total. The summed E-state index contributed by atoms with van der Waals surface area (Å²) in [5.74, 6) is 0.512. The number of aromatic nitrogens is 1. The van der Waals surface area contributed by atoms with E-state index in [1.807, 2.05) is 13.8 Å². The van der Waals surface area contributed by atoms with Crippen molar-refractivity contribution in [2.24, 2.45) is 5.73 Å². The molecule has 0 saturated carbocycles. The third kappa shape index (κ3) is 4.63. The second-order valence-electron chi connectivity index (χ2n) is 7.97. The van der Waals surface area contributed by atoms with Crippen LogP contribution in [-0.2, 0) is 0 Å². The number of carbonyl (C=O) groups excluding carboxylic acids is 1. The fourth-order valence-corrected chi connectivity index (χ4v) is 3.74. The van der Waals surface area contributed by atoms with Crippen molar-refractivity contribution in [3.63, 3.8) is 0 Å². The van der Waals surface area contributed by atoms with Crippen molar-refractivity contribution in [3.8, 4) is 17.2 Å². The van der Waals surface area contributed by atoms with Gasteiger partial charge in [0.15, 0.2) is 0 Å². The maximum atomic E-state index is 12.1. The number of ether oxygens (including phenoxy) is 2. The Balaban J connectivity index is 1.62. The summed E-state index contributed by atoms with van der Waals surface area (Å²) in [5.41, 5.74) is 5.95. The molecule has 0 radical (unpaired) electrons. The van der Waals surface area contributed by atoms with Crippen LogP contribution in [0.4, 0.5) is 17.1 Å². The largest absolute Gasteiger partial charge is 0.496 e. The van der Waals surface area contributed by atoms with Crippen LogP contribution in [-0.4, -0.2) is 24.0 Å². The molecular formula is C25H23ClN4O5. The van der Waals surface area contributed by atoms with E-state index >= 15 is 0 Å². The lowest BCUT2D eigenvalue weighted by molar-refractivity contribution is 0.0997. The van der Waals surface area contributed by atoms with Crippen LogP contribution >= 0.6 is 11.6 Å². The van der Waals surface area contributed by atoms with Gasteiger partial charge in [-0.15, -0.1) is 0 Å². The highest BCUT2D eigenvalue weighted by atomic mass is 35.5. The van der Waals surface area contributed by atoms with Gasteiger partial charge in [-0.2, -0.15) is 0 Å². The Labute approximate surface area is 205 Å². The number of benzene rings is 2. The van der Waals surface area contributed by atoms with Crippen molar-refractivity contribution in [1.82, 2.24) is 4.98 Å². The molecule has 180 valence electrons.